The van der Waals surface area contributed by atoms with Crippen molar-refractivity contribution in [2.75, 3.05) is 11.9 Å². The molecule has 0 aliphatic heterocycles. The van der Waals surface area contributed by atoms with Crippen LogP contribution in [-0.4, -0.2) is 27.7 Å². The number of thiol groups is 1. The van der Waals surface area contributed by atoms with Crippen molar-refractivity contribution in [2.45, 2.75) is 11.8 Å². The molecular weight excluding hydrogens is 228 g/mol. The molecule has 0 fully saturated rings. The largest absolute Gasteiger partial charge is 0.450 e. The molecule has 7 heteroatoms. The van der Waals surface area contributed by atoms with Crippen LogP contribution in [-0.2, 0) is 4.74 Å². The molecular formula is C9H10N4O2S. The predicted octanol–water partition coefficient (Wildman–Crippen LogP) is 1.81. The number of nitrogens with zero attached hydrogens (tertiary/aromatic N) is 2. The van der Waals surface area contributed by atoms with E-state index in [4.69, 9.17) is 4.74 Å². The summed E-state index contributed by atoms with van der Waals surface area (Å²) < 4.78 is 4.72. The number of rotatable bonds is 2. The Morgan fingerprint density at radius 3 is 3.25 bits per heavy atom. The SMILES string of the molecule is CCOC(=O)Nc1nc2ncc(S)cc2[nH]1. The Morgan fingerprint density at radius 1 is 1.69 bits per heavy atom. The lowest BCUT2D eigenvalue weighted by Gasteiger charge is -2.00. The number of aromatic amines is 1. The van der Waals surface area contributed by atoms with Crippen LogP contribution in [0, 0.1) is 0 Å². The first-order chi connectivity index (χ1) is 7.69. The van der Waals surface area contributed by atoms with E-state index >= 15 is 0 Å². The van der Waals surface area contributed by atoms with Gasteiger partial charge < -0.3 is 9.72 Å². The zero-order valence-corrected chi connectivity index (χ0v) is 9.41. The Morgan fingerprint density at radius 2 is 2.50 bits per heavy atom. The average molecular weight is 238 g/mol. The van der Waals surface area contributed by atoms with Gasteiger partial charge in [-0.25, -0.2) is 9.78 Å². The number of aromatic nitrogens is 3. The van der Waals surface area contributed by atoms with Crippen LogP contribution in [0.4, 0.5) is 10.7 Å². The number of hydrogen-bond acceptors (Lipinski definition) is 5. The Hall–Kier alpha value is -1.76. The number of fused-ring (bicyclic) bond motifs is 1. The molecule has 6 nitrogen and oxygen atoms in total. The van der Waals surface area contributed by atoms with Gasteiger partial charge in [0.25, 0.3) is 0 Å². The molecule has 0 atom stereocenters. The van der Waals surface area contributed by atoms with Crippen LogP contribution >= 0.6 is 12.6 Å². The molecule has 0 saturated heterocycles. The van der Waals surface area contributed by atoms with Gasteiger partial charge in [0.15, 0.2) is 5.65 Å². The normalized spacial score (nSPS) is 10.4. The minimum Gasteiger partial charge on any atom is -0.450 e. The van der Waals surface area contributed by atoms with Crippen molar-refractivity contribution < 1.29 is 9.53 Å². The quantitative estimate of drug-likeness (QED) is 0.697. The summed E-state index contributed by atoms with van der Waals surface area (Å²) in [5.41, 5.74) is 1.23. The smallest absolute Gasteiger partial charge is 0.413 e. The number of imidazole rings is 1. The Balaban J connectivity index is 2.23. The van der Waals surface area contributed by atoms with Crippen molar-refractivity contribution >= 4 is 35.8 Å². The van der Waals surface area contributed by atoms with Gasteiger partial charge in [-0.1, -0.05) is 0 Å². The first-order valence-electron chi connectivity index (χ1n) is 4.67. The number of ether oxygens (including phenoxy) is 1. The molecule has 16 heavy (non-hydrogen) atoms. The molecule has 2 heterocycles. The van der Waals surface area contributed by atoms with E-state index in [9.17, 15) is 4.79 Å². The second-order valence-electron chi connectivity index (χ2n) is 3.00. The van der Waals surface area contributed by atoms with Gasteiger partial charge in [-0.05, 0) is 13.0 Å². The fourth-order valence-corrected chi connectivity index (χ4v) is 1.40. The van der Waals surface area contributed by atoms with E-state index < -0.39 is 6.09 Å². The van der Waals surface area contributed by atoms with E-state index in [0.717, 1.165) is 4.90 Å². The zero-order chi connectivity index (χ0) is 11.5. The van der Waals surface area contributed by atoms with E-state index in [2.05, 4.69) is 32.9 Å². The number of pyridine rings is 1. The summed E-state index contributed by atoms with van der Waals surface area (Å²) in [5.74, 6) is 0.305. The summed E-state index contributed by atoms with van der Waals surface area (Å²) in [6.07, 6.45) is 1.04. The Kier molecular flexibility index (Phi) is 2.95. The summed E-state index contributed by atoms with van der Waals surface area (Å²) >= 11 is 4.15. The van der Waals surface area contributed by atoms with Gasteiger partial charge in [0, 0.05) is 11.1 Å². The van der Waals surface area contributed by atoms with Crippen LogP contribution in [0.15, 0.2) is 17.2 Å². The third-order valence-corrected chi connectivity index (χ3v) is 2.06. The fourth-order valence-electron chi connectivity index (χ4n) is 1.21. The van der Waals surface area contributed by atoms with Crippen LogP contribution in [0.1, 0.15) is 6.92 Å². The van der Waals surface area contributed by atoms with E-state index in [1.54, 1.807) is 19.2 Å². The van der Waals surface area contributed by atoms with Gasteiger partial charge in [-0.3, -0.25) is 5.32 Å². The van der Waals surface area contributed by atoms with E-state index in [1.165, 1.54) is 0 Å². The van der Waals surface area contributed by atoms with Crippen LogP contribution in [0.3, 0.4) is 0 Å². The number of carbonyl (C=O) groups excluding carboxylic acids is 1. The van der Waals surface area contributed by atoms with Crippen molar-refractivity contribution in [2.24, 2.45) is 0 Å². The van der Waals surface area contributed by atoms with Crippen molar-refractivity contribution in [3.8, 4) is 0 Å². The second-order valence-corrected chi connectivity index (χ2v) is 3.51. The van der Waals surface area contributed by atoms with Gasteiger partial charge in [-0.2, -0.15) is 4.98 Å². The lowest BCUT2D eigenvalue weighted by Crippen LogP contribution is -2.14. The molecule has 0 radical (unpaired) electrons. The van der Waals surface area contributed by atoms with E-state index in [-0.39, 0.29) is 0 Å². The monoisotopic (exact) mass is 238 g/mol. The highest BCUT2D eigenvalue weighted by Crippen LogP contribution is 2.15. The molecule has 0 unspecified atom stereocenters. The van der Waals surface area contributed by atoms with Crippen LogP contribution in [0.2, 0.25) is 0 Å². The van der Waals surface area contributed by atoms with Crippen LogP contribution < -0.4 is 5.32 Å². The molecule has 0 spiro atoms. The molecule has 2 aromatic heterocycles. The highest BCUT2D eigenvalue weighted by Gasteiger charge is 2.07. The Labute approximate surface area is 96.8 Å². The molecule has 84 valence electrons. The lowest BCUT2D eigenvalue weighted by molar-refractivity contribution is 0.167. The summed E-state index contributed by atoms with van der Waals surface area (Å²) in [6, 6.07) is 1.77. The highest BCUT2D eigenvalue weighted by atomic mass is 32.1. The number of nitrogens with one attached hydrogen (secondary N) is 2. The molecule has 2 rings (SSSR count). The van der Waals surface area contributed by atoms with Gasteiger partial charge in [0.2, 0.25) is 5.95 Å². The third-order valence-electron chi connectivity index (χ3n) is 1.82. The molecule has 0 aliphatic carbocycles. The number of H-pyrrole nitrogens is 1. The molecule has 2 aromatic rings. The molecule has 2 N–H and O–H groups in total. The predicted molar refractivity (Wildman–Crippen MR) is 61.8 cm³/mol. The number of hydrogen-bond donors (Lipinski definition) is 3. The number of amides is 1. The first-order valence-corrected chi connectivity index (χ1v) is 5.12. The van der Waals surface area contributed by atoms with Gasteiger partial charge in [0.05, 0.1) is 12.1 Å². The van der Waals surface area contributed by atoms with Gasteiger partial charge in [-0.15, -0.1) is 12.6 Å². The van der Waals surface area contributed by atoms with Crippen molar-refractivity contribution in [1.82, 2.24) is 15.0 Å². The zero-order valence-electron chi connectivity index (χ0n) is 8.52. The van der Waals surface area contributed by atoms with Crippen LogP contribution in [0.25, 0.3) is 11.2 Å². The molecule has 0 bridgehead atoms. The van der Waals surface area contributed by atoms with Gasteiger partial charge in [0.1, 0.15) is 0 Å². The van der Waals surface area contributed by atoms with E-state index in [0.29, 0.717) is 23.7 Å². The summed E-state index contributed by atoms with van der Waals surface area (Å²) in [5, 5.41) is 2.46. The Bertz CT molecular complexity index is 525. The maximum Gasteiger partial charge on any atom is 0.413 e. The maximum atomic E-state index is 11.1. The minimum absolute atomic E-state index is 0.305. The minimum atomic E-state index is -0.548. The summed E-state index contributed by atoms with van der Waals surface area (Å²) in [7, 11) is 0. The fraction of sp³-hybridized carbons (Fsp3) is 0.222. The number of anilines is 1. The van der Waals surface area contributed by atoms with Crippen molar-refractivity contribution in [1.29, 1.82) is 0 Å². The molecule has 0 saturated carbocycles. The van der Waals surface area contributed by atoms with E-state index in [1.807, 2.05) is 0 Å². The number of carbonyl (C=O) groups is 1. The molecule has 0 aliphatic rings. The van der Waals surface area contributed by atoms with Crippen molar-refractivity contribution in [3.63, 3.8) is 0 Å². The average Bonchev–Trinajstić information content (AvgIpc) is 2.59. The summed E-state index contributed by atoms with van der Waals surface area (Å²) in [6.45, 7) is 2.04. The topological polar surface area (TPSA) is 79.9 Å². The standard InChI is InChI=1S/C9H10N4O2S/c1-2-15-9(14)13-8-11-6-3-5(16)4-10-7(6)12-8/h3-4,16H,2H2,1H3,(H2,10,11,12,13,14). The van der Waals surface area contributed by atoms with Gasteiger partial charge >= 0.3 is 6.09 Å². The van der Waals surface area contributed by atoms with Crippen molar-refractivity contribution in [3.05, 3.63) is 12.3 Å². The molecule has 0 aromatic carbocycles. The maximum absolute atomic E-state index is 11.1. The van der Waals surface area contributed by atoms with Crippen LogP contribution in [0.5, 0.6) is 0 Å². The first kappa shape index (κ1) is 10.7. The second kappa shape index (κ2) is 4.40. The summed E-state index contributed by atoms with van der Waals surface area (Å²) in [4.78, 5) is 22.8. The highest BCUT2D eigenvalue weighted by molar-refractivity contribution is 7.80. The third kappa shape index (κ3) is 2.25. The molecule has 1 amide bonds. The lowest BCUT2D eigenvalue weighted by atomic mass is 10.4.